The zero-order valence-electron chi connectivity index (χ0n) is 25.0. The molecule has 0 bridgehead atoms. The molecule has 4 aromatic rings. The maximum absolute atomic E-state index is 14.2. The summed E-state index contributed by atoms with van der Waals surface area (Å²) in [6.45, 7) is 0.726. The summed E-state index contributed by atoms with van der Waals surface area (Å²) in [5.74, 6) is 0.857. The molecule has 1 aliphatic rings. The zero-order valence-corrected chi connectivity index (χ0v) is 25.0. The molecule has 232 valence electrons. The van der Waals surface area contributed by atoms with Gasteiger partial charge in [0.2, 0.25) is 5.90 Å². The predicted octanol–water partition coefficient (Wildman–Crippen LogP) is 5.78. The number of aliphatic imine (C=N–C) groups is 1. The molecule has 0 saturated carbocycles. The molecule has 0 aromatic heterocycles. The number of rotatable bonds is 14. The number of aliphatic hydroxyl groups excluding tert-OH is 1. The minimum Gasteiger partial charge on any atom is -0.497 e. The number of ether oxygens (including phenoxy) is 3. The molecule has 4 aromatic carbocycles. The van der Waals surface area contributed by atoms with Crippen LogP contribution in [0.1, 0.15) is 41.2 Å². The van der Waals surface area contributed by atoms with Gasteiger partial charge in [-0.15, -0.1) is 0 Å². The van der Waals surface area contributed by atoms with Gasteiger partial charge < -0.3 is 19.3 Å². The van der Waals surface area contributed by atoms with Crippen LogP contribution in [0.3, 0.4) is 0 Å². The summed E-state index contributed by atoms with van der Waals surface area (Å²) >= 11 is 0. The number of aliphatic hydroxyl groups is 1. The van der Waals surface area contributed by atoms with Gasteiger partial charge in [-0.25, -0.2) is 14.8 Å². The Morgan fingerprint density at radius 3 is 2.51 bits per heavy atom. The van der Waals surface area contributed by atoms with E-state index in [0.29, 0.717) is 36.0 Å². The molecule has 45 heavy (non-hydrogen) atoms. The highest BCUT2D eigenvalue weighted by molar-refractivity contribution is 6.01. The topological polar surface area (TPSA) is 101 Å². The molecule has 0 aliphatic carbocycles. The summed E-state index contributed by atoms with van der Waals surface area (Å²) in [4.78, 5) is 19.2. The number of benzene rings is 4. The van der Waals surface area contributed by atoms with Gasteiger partial charge in [-0.2, -0.15) is 0 Å². The third-order valence-electron chi connectivity index (χ3n) is 7.37. The molecule has 0 radical (unpaired) electrons. The van der Waals surface area contributed by atoms with Crippen molar-refractivity contribution < 1.29 is 28.5 Å². The molecule has 1 aliphatic heterocycles. The Balaban J connectivity index is 1.50. The van der Waals surface area contributed by atoms with E-state index >= 15 is 0 Å². The number of carbonyl (C=O) groups excluding carboxylic acids is 1. The smallest absolute Gasteiger partial charge is 0.266 e. The first-order chi connectivity index (χ1) is 22.0. The van der Waals surface area contributed by atoms with E-state index in [0.717, 1.165) is 16.7 Å². The fraction of sp³-hybridized carbons (Fsp3) is 0.222. The van der Waals surface area contributed by atoms with E-state index in [1.165, 1.54) is 12.1 Å². The van der Waals surface area contributed by atoms with Crippen LogP contribution in [0.25, 0.3) is 6.08 Å². The molecule has 8 nitrogen and oxygen atoms in total. The standard InChI is InChI=1S/C36H36FN3O5/c1-43-32-12-5-11-29(24-32)33-36(21-6-10-26-8-3-2-4-9-26,35(42)40-38-25-27-13-17-30(37)18-14-27)39-34(45-33)28-15-19-31(20-16-28)44-23-7-22-41/h2-6,8-20,24,33,38,41H,7,21-23,25H2,1H3,(H,40,42)/b10-6+/t33-,36-/m0/s1. The van der Waals surface area contributed by atoms with Crippen molar-refractivity contribution in [3.05, 3.63) is 137 Å². The van der Waals surface area contributed by atoms with Crippen molar-refractivity contribution in [2.75, 3.05) is 20.3 Å². The lowest BCUT2D eigenvalue weighted by Crippen LogP contribution is -2.52. The lowest BCUT2D eigenvalue weighted by Gasteiger charge is -2.30. The van der Waals surface area contributed by atoms with Gasteiger partial charge in [-0.3, -0.25) is 10.2 Å². The van der Waals surface area contributed by atoms with Gasteiger partial charge in [0.25, 0.3) is 5.91 Å². The van der Waals surface area contributed by atoms with Crippen LogP contribution in [-0.2, 0) is 16.1 Å². The average molecular weight is 610 g/mol. The number of methoxy groups -OCH3 is 1. The SMILES string of the molecule is COc1cccc([C@@H]2OC(c3ccc(OCCCO)cc3)=N[C@]2(C/C=C/c2ccccc2)C(=O)NNCc2ccc(F)cc2)c1. The van der Waals surface area contributed by atoms with Gasteiger partial charge in [0, 0.05) is 31.6 Å². The second kappa shape index (κ2) is 15.1. The van der Waals surface area contributed by atoms with Gasteiger partial charge in [0.05, 0.1) is 13.7 Å². The van der Waals surface area contributed by atoms with E-state index in [2.05, 4.69) is 10.9 Å². The van der Waals surface area contributed by atoms with Crippen molar-refractivity contribution in [2.24, 2.45) is 4.99 Å². The lowest BCUT2D eigenvalue weighted by molar-refractivity contribution is -0.129. The summed E-state index contributed by atoms with van der Waals surface area (Å²) < 4.78 is 31.1. The third kappa shape index (κ3) is 7.94. The minimum atomic E-state index is -1.40. The number of amides is 1. The molecule has 0 unspecified atom stereocenters. The van der Waals surface area contributed by atoms with Crippen molar-refractivity contribution in [3.63, 3.8) is 0 Å². The highest BCUT2D eigenvalue weighted by atomic mass is 19.1. The molecule has 3 N–H and O–H groups in total. The Hall–Kier alpha value is -4.99. The average Bonchev–Trinajstić information content (AvgIpc) is 3.47. The maximum atomic E-state index is 14.2. The number of nitrogens with zero attached hydrogens (tertiary/aromatic N) is 1. The van der Waals surface area contributed by atoms with Gasteiger partial charge >= 0.3 is 0 Å². The van der Waals surface area contributed by atoms with Gasteiger partial charge in [-0.1, -0.05) is 66.7 Å². The van der Waals surface area contributed by atoms with E-state index in [4.69, 9.17) is 24.3 Å². The zero-order chi connectivity index (χ0) is 31.5. The van der Waals surface area contributed by atoms with Crippen molar-refractivity contribution in [1.29, 1.82) is 0 Å². The Morgan fingerprint density at radius 1 is 1.00 bits per heavy atom. The van der Waals surface area contributed by atoms with Crippen molar-refractivity contribution >= 4 is 17.9 Å². The van der Waals surface area contributed by atoms with Crippen LogP contribution in [0.2, 0.25) is 0 Å². The number of hydrogen-bond acceptors (Lipinski definition) is 7. The van der Waals surface area contributed by atoms with Gasteiger partial charge in [0.1, 0.15) is 17.3 Å². The van der Waals surface area contributed by atoms with Crippen LogP contribution in [0.4, 0.5) is 4.39 Å². The van der Waals surface area contributed by atoms with Crippen LogP contribution in [-0.4, -0.2) is 42.8 Å². The van der Waals surface area contributed by atoms with E-state index < -0.39 is 17.6 Å². The fourth-order valence-electron chi connectivity index (χ4n) is 5.00. The lowest BCUT2D eigenvalue weighted by atomic mass is 9.84. The molecule has 5 rings (SSSR count). The molecule has 0 fully saturated rings. The second-order valence-corrected chi connectivity index (χ2v) is 10.5. The molecule has 2 atom stereocenters. The Kier molecular flexibility index (Phi) is 10.6. The Morgan fingerprint density at radius 2 is 1.78 bits per heavy atom. The van der Waals surface area contributed by atoms with Crippen LogP contribution in [0, 0.1) is 5.82 Å². The maximum Gasteiger partial charge on any atom is 0.266 e. The van der Waals surface area contributed by atoms with Crippen LogP contribution in [0.5, 0.6) is 11.5 Å². The van der Waals surface area contributed by atoms with Crippen molar-refractivity contribution in [3.8, 4) is 11.5 Å². The van der Waals surface area contributed by atoms with Crippen LogP contribution < -0.4 is 20.3 Å². The summed E-state index contributed by atoms with van der Waals surface area (Å²) in [6.07, 6.45) is 3.84. The van der Waals surface area contributed by atoms with Crippen molar-refractivity contribution in [1.82, 2.24) is 10.9 Å². The first kappa shape index (κ1) is 31.4. The molecule has 0 saturated heterocycles. The highest BCUT2D eigenvalue weighted by Gasteiger charge is 2.52. The van der Waals surface area contributed by atoms with Crippen molar-refractivity contribution in [2.45, 2.75) is 31.0 Å². The van der Waals surface area contributed by atoms with Crippen LogP contribution >= 0.6 is 0 Å². The van der Waals surface area contributed by atoms with Gasteiger partial charge in [-0.05, 0) is 65.2 Å². The first-order valence-electron chi connectivity index (χ1n) is 14.7. The summed E-state index contributed by atoms with van der Waals surface area (Å²) in [5, 5.41) is 9.05. The number of nitrogens with one attached hydrogen (secondary N) is 2. The Bertz CT molecular complexity index is 1610. The number of hydrogen-bond donors (Lipinski definition) is 3. The highest BCUT2D eigenvalue weighted by Crippen LogP contribution is 2.43. The Labute approximate surface area is 262 Å². The second-order valence-electron chi connectivity index (χ2n) is 10.5. The molecule has 0 spiro atoms. The number of halogens is 1. The predicted molar refractivity (Wildman–Crippen MR) is 171 cm³/mol. The largest absolute Gasteiger partial charge is 0.497 e. The van der Waals surface area contributed by atoms with E-state index in [1.807, 2.05) is 78.9 Å². The molecular weight excluding hydrogens is 573 g/mol. The van der Waals surface area contributed by atoms with Crippen LogP contribution in [0.15, 0.2) is 114 Å². The van der Waals surface area contributed by atoms with E-state index in [-0.39, 0.29) is 25.4 Å². The van der Waals surface area contributed by atoms with E-state index in [1.54, 1.807) is 31.4 Å². The monoisotopic (exact) mass is 609 g/mol. The molecule has 1 heterocycles. The van der Waals surface area contributed by atoms with Gasteiger partial charge in [0.15, 0.2) is 11.6 Å². The fourth-order valence-corrected chi connectivity index (χ4v) is 5.00. The summed E-state index contributed by atoms with van der Waals surface area (Å²) in [5.41, 5.74) is 7.60. The summed E-state index contributed by atoms with van der Waals surface area (Å²) in [6, 6.07) is 30.5. The number of hydrazine groups is 1. The minimum absolute atomic E-state index is 0.0516. The van der Waals surface area contributed by atoms with E-state index in [9.17, 15) is 9.18 Å². The third-order valence-corrected chi connectivity index (χ3v) is 7.37. The molecular formula is C36H36FN3O5. The first-order valence-corrected chi connectivity index (χ1v) is 14.7. The molecule has 9 heteroatoms. The molecule has 1 amide bonds. The summed E-state index contributed by atoms with van der Waals surface area (Å²) in [7, 11) is 1.59. The quantitative estimate of drug-likeness (QED) is 0.124. The normalized spacial score (nSPS) is 17.5. The number of carbonyl (C=O) groups is 1.